The molecular formula is C11H18N2O4. The molecule has 1 rings (SSSR count). The first-order valence-corrected chi connectivity index (χ1v) is 5.64. The molecule has 0 aliphatic carbocycles. The van der Waals surface area contributed by atoms with E-state index >= 15 is 0 Å². The van der Waals surface area contributed by atoms with Crippen molar-refractivity contribution in [3.63, 3.8) is 0 Å². The van der Waals surface area contributed by atoms with Crippen molar-refractivity contribution in [3.05, 3.63) is 0 Å². The molecule has 17 heavy (non-hydrogen) atoms. The summed E-state index contributed by atoms with van der Waals surface area (Å²) in [5.41, 5.74) is 0. The summed E-state index contributed by atoms with van der Waals surface area (Å²) < 4.78 is 0. The topological polar surface area (TPSA) is 77.9 Å². The minimum atomic E-state index is -0.794. The third kappa shape index (κ3) is 3.72. The summed E-state index contributed by atoms with van der Waals surface area (Å²) in [6, 6.07) is 0. The van der Waals surface area contributed by atoms with Gasteiger partial charge in [-0.3, -0.25) is 14.4 Å². The summed E-state index contributed by atoms with van der Waals surface area (Å²) >= 11 is 0. The fourth-order valence-electron chi connectivity index (χ4n) is 1.79. The predicted octanol–water partition coefficient (Wildman–Crippen LogP) is -0.212. The summed E-state index contributed by atoms with van der Waals surface area (Å²) in [7, 11) is 1.57. The fraction of sp³-hybridized carbons (Fsp3) is 0.727. The normalized spacial score (nSPS) is 16.7. The number of rotatable bonds is 3. The van der Waals surface area contributed by atoms with Crippen molar-refractivity contribution in [1.29, 1.82) is 0 Å². The Morgan fingerprint density at radius 2 is 1.82 bits per heavy atom. The molecule has 0 aromatic rings. The first-order valence-electron chi connectivity index (χ1n) is 5.64. The summed E-state index contributed by atoms with van der Waals surface area (Å²) in [4.78, 5) is 36.5. The van der Waals surface area contributed by atoms with Gasteiger partial charge >= 0.3 is 5.97 Å². The number of carbonyl (C=O) groups excluding carboxylic acids is 2. The third-order valence-electron chi connectivity index (χ3n) is 3.11. The number of carbonyl (C=O) groups is 3. The van der Waals surface area contributed by atoms with Crippen LogP contribution in [0.2, 0.25) is 0 Å². The monoisotopic (exact) mass is 242 g/mol. The van der Waals surface area contributed by atoms with Gasteiger partial charge in [0.15, 0.2) is 0 Å². The Morgan fingerprint density at radius 3 is 2.24 bits per heavy atom. The average Bonchev–Trinajstić information content (AvgIpc) is 2.28. The van der Waals surface area contributed by atoms with Crippen LogP contribution in [0.15, 0.2) is 0 Å². The molecule has 1 heterocycles. The van der Waals surface area contributed by atoms with Crippen LogP contribution in [0.1, 0.15) is 19.8 Å². The molecule has 0 aromatic heterocycles. The lowest BCUT2D eigenvalue weighted by atomic mass is 9.97. The van der Waals surface area contributed by atoms with E-state index in [1.807, 2.05) is 0 Å². The lowest BCUT2D eigenvalue weighted by Gasteiger charge is -2.31. The second-order valence-electron chi connectivity index (χ2n) is 4.37. The van der Waals surface area contributed by atoms with Gasteiger partial charge in [0.25, 0.3) is 0 Å². The van der Waals surface area contributed by atoms with Gasteiger partial charge in [-0.05, 0) is 12.8 Å². The molecule has 96 valence electrons. The lowest BCUT2D eigenvalue weighted by Crippen LogP contribution is -2.45. The molecule has 6 heteroatoms. The highest BCUT2D eigenvalue weighted by molar-refractivity contribution is 5.83. The van der Waals surface area contributed by atoms with E-state index in [1.54, 1.807) is 11.9 Å². The van der Waals surface area contributed by atoms with Gasteiger partial charge in [-0.2, -0.15) is 0 Å². The Balaban J connectivity index is 2.41. The third-order valence-corrected chi connectivity index (χ3v) is 3.11. The second-order valence-corrected chi connectivity index (χ2v) is 4.37. The van der Waals surface area contributed by atoms with E-state index in [9.17, 15) is 14.4 Å². The fourth-order valence-corrected chi connectivity index (χ4v) is 1.79. The van der Waals surface area contributed by atoms with E-state index < -0.39 is 5.97 Å². The number of nitrogens with zero attached hydrogens (tertiary/aromatic N) is 2. The summed E-state index contributed by atoms with van der Waals surface area (Å²) in [6.07, 6.45) is 0.982. The highest BCUT2D eigenvalue weighted by atomic mass is 16.4. The van der Waals surface area contributed by atoms with Gasteiger partial charge in [0.2, 0.25) is 11.8 Å². The van der Waals surface area contributed by atoms with Crippen molar-refractivity contribution in [2.75, 3.05) is 26.7 Å². The zero-order chi connectivity index (χ0) is 13.0. The Bertz CT molecular complexity index is 321. The maximum Gasteiger partial charge on any atom is 0.306 e. The minimum Gasteiger partial charge on any atom is -0.481 e. The number of amides is 2. The van der Waals surface area contributed by atoms with E-state index in [1.165, 1.54) is 11.8 Å². The second kappa shape index (κ2) is 5.65. The van der Waals surface area contributed by atoms with Crippen LogP contribution in [0.25, 0.3) is 0 Å². The predicted molar refractivity (Wildman–Crippen MR) is 60.3 cm³/mol. The smallest absolute Gasteiger partial charge is 0.306 e. The van der Waals surface area contributed by atoms with Crippen LogP contribution in [0.4, 0.5) is 0 Å². The van der Waals surface area contributed by atoms with Crippen molar-refractivity contribution in [2.24, 2.45) is 5.92 Å². The Labute approximate surface area is 100 Å². The molecule has 0 atom stereocenters. The van der Waals surface area contributed by atoms with Crippen LogP contribution in [0, 0.1) is 5.92 Å². The van der Waals surface area contributed by atoms with Crippen molar-refractivity contribution < 1.29 is 19.5 Å². The van der Waals surface area contributed by atoms with E-state index in [2.05, 4.69) is 0 Å². The Hall–Kier alpha value is -1.59. The molecule has 1 fully saturated rings. The molecule has 0 bridgehead atoms. The van der Waals surface area contributed by atoms with Crippen LogP contribution < -0.4 is 0 Å². The zero-order valence-corrected chi connectivity index (χ0v) is 10.2. The minimum absolute atomic E-state index is 0.0626. The first-order chi connectivity index (χ1) is 7.91. The number of carboxylic acid groups (broad SMARTS) is 1. The van der Waals surface area contributed by atoms with Gasteiger partial charge in [0, 0.05) is 27.1 Å². The maximum atomic E-state index is 11.8. The van der Waals surface area contributed by atoms with Gasteiger partial charge in [0.05, 0.1) is 12.5 Å². The van der Waals surface area contributed by atoms with Crippen LogP contribution in [-0.2, 0) is 14.4 Å². The first kappa shape index (κ1) is 13.5. The summed E-state index contributed by atoms with van der Waals surface area (Å²) in [5, 5.41) is 8.82. The molecule has 1 aliphatic rings. The highest BCUT2D eigenvalue weighted by Gasteiger charge is 2.27. The molecule has 0 aromatic carbocycles. The van der Waals surface area contributed by atoms with Gasteiger partial charge in [-0.1, -0.05) is 0 Å². The lowest BCUT2D eigenvalue weighted by molar-refractivity contribution is -0.146. The molecule has 2 amide bonds. The number of hydrogen-bond donors (Lipinski definition) is 1. The van der Waals surface area contributed by atoms with E-state index in [4.69, 9.17) is 5.11 Å². The van der Waals surface area contributed by atoms with Gasteiger partial charge in [0.1, 0.15) is 0 Å². The van der Waals surface area contributed by atoms with Crippen LogP contribution in [0.5, 0.6) is 0 Å². The highest BCUT2D eigenvalue weighted by Crippen LogP contribution is 2.17. The molecule has 1 saturated heterocycles. The Morgan fingerprint density at radius 1 is 1.29 bits per heavy atom. The quantitative estimate of drug-likeness (QED) is 0.742. The molecule has 1 aliphatic heterocycles. The van der Waals surface area contributed by atoms with Crippen LogP contribution in [-0.4, -0.2) is 59.4 Å². The van der Waals surface area contributed by atoms with Crippen molar-refractivity contribution >= 4 is 17.8 Å². The number of aliphatic carboxylic acids is 1. The van der Waals surface area contributed by atoms with Gasteiger partial charge < -0.3 is 14.9 Å². The molecular weight excluding hydrogens is 224 g/mol. The van der Waals surface area contributed by atoms with Crippen molar-refractivity contribution in [3.8, 4) is 0 Å². The molecule has 0 radical (unpaired) electrons. The van der Waals surface area contributed by atoms with Crippen molar-refractivity contribution in [2.45, 2.75) is 19.8 Å². The van der Waals surface area contributed by atoms with E-state index in [0.717, 1.165) is 0 Å². The molecule has 0 spiro atoms. The Kier molecular flexibility index (Phi) is 4.48. The van der Waals surface area contributed by atoms with E-state index in [-0.39, 0.29) is 24.3 Å². The number of carboxylic acids is 1. The van der Waals surface area contributed by atoms with Gasteiger partial charge in [-0.15, -0.1) is 0 Å². The summed E-state index contributed by atoms with van der Waals surface area (Å²) in [6.45, 7) is 2.39. The van der Waals surface area contributed by atoms with Gasteiger partial charge in [-0.25, -0.2) is 0 Å². The van der Waals surface area contributed by atoms with Crippen LogP contribution in [0.3, 0.4) is 0 Å². The number of hydrogen-bond acceptors (Lipinski definition) is 3. The zero-order valence-electron chi connectivity index (χ0n) is 10.2. The average molecular weight is 242 g/mol. The van der Waals surface area contributed by atoms with E-state index in [0.29, 0.717) is 25.9 Å². The largest absolute Gasteiger partial charge is 0.481 e. The molecule has 0 saturated carbocycles. The summed E-state index contributed by atoms with van der Waals surface area (Å²) in [5.74, 6) is -1.41. The molecule has 6 nitrogen and oxygen atoms in total. The van der Waals surface area contributed by atoms with Crippen molar-refractivity contribution in [1.82, 2.24) is 9.80 Å². The number of likely N-dealkylation sites (N-methyl/N-ethyl adjacent to an activating group) is 1. The number of piperidine rings is 1. The molecule has 0 unspecified atom stereocenters. The van der Waals surface area contributed by atoms with Crippen LogP contribution >= 0.6 is 0 Å². The molecule has 1 N–H and O–H groups in total. The SMILES string of the molecule is CC(=O)N(C)CC(=O)N1CCC(C(=O)O)CC1. The maximum absolute atomic E-state index is 11.8. The number of likely N-dealkylation sites (tertiary alicyclic amines) is 1. The standard InChI is InChI=1S/C11H18N2O4/c1-8(14)12(2)7-10(15)13-5-3-9(4-6-13)11(16)17/h9H,3-7H2,1-2H3,(H,16,17).